The number of fused-ring (bicyclic) bond motifs is 1. The van der Waals surface area contributed by atoms with Crippen molar-refractivity contribution in [3.63, 3.8) is 0 Å². The largest absolute Gasteiger partial charge is 0.395 e. The van der Waals surface area contributed by atoms with Gasteiger partial charge in [-0.05, 0) is 12.1 Å². The minimum Gasteiger partial charge on any atom is -0.395 e. The average Bonchev–Trinajstić information content (AvgIpc) is 2.73. The van der Waals surface area contributed by atoms with Crippen LogP contribution in [0.2, 0.25) is 0 Å². The van der Waals surface area contributed by atoms with Crippen LogP contribution in [0.1, 0.15) is 20.7 Å². The van der Waals surface area contributed by atoms with Crippen molar-refractivity contribution in [2.24, 2.45) is 0 Å². The number of carbonyl (C=O) groups is 3. The maximum atomic E-state index is 12.1. The fraction of sp³-hybridized carbons (Fsp3) is 0.357. The molecule has 112 valence electrons. The Balaban J connectivity index is 1.90. The molecule has 0 fully saturated rings. The van der Waals surface area contributed by atoms with Gasteiger partial charge in [-0.2, -0.15) is 0 Å². The van der Waals surface area contributed by atoms with Crippen LogP contribution < -0.4 is 5.32 Å². The van der Waals surface area contributed by atoms with Gasteiger partial charge in [0.25, 0.3) is 11.8 Å². The molecule has 0 radical (unpaired) electrons. The van der Waals surface area contributed by atoms with Crippen molar-refractivity contribution < 1.29 is 19.5 Å². The molecule has 1 aliphatic rings. The lowest BCUT2D eigenvalue weighted by Gasteiger charge is -2.18. The Morgan fingerprint density at radius 1 is 1.24 bits per heavy atom. The van der Waals surface area contributed by atoms with Crippen molar-refractivity contribution >= 4 is 17.8 Å². The molecule has 1 aliphatic heterocycles. The zero-order valence-electron chi connectivity index (χ0n) is 11.7. The molecule has 0 aromatic heterocycles. The van der Waals surface area contributed by atoms with Crippen LogP contribution in [0.25, 0.3) is 0 Å². The molecule has 7 heteroatoms. The SMILES string of the molecule is CN(CCO)C(=O)NCCN1C(=O)c2ccccc2C1=O. The lowest BCUT2D eigenvalue weighted by molar-refractivity contribution is 0.0655. The summed E-state index contributed by atoms with van der Waals surface area (Å²) in [4.78, 5) is 38.2. The van der Waals surface area contributed by atoms with E-state index in [4.69, 9.17) is 5.11 Å². The summed E-state index contributed by atoms with van der Waals surface area (Å²) in [6.07, 6.45) is 0. The summed E-state index contributed by atoms with van der Waals surface area (Å²) in [5.41, 5.74) is 0.789. The number of hydrogen-bond donors (Lipinski definition) is 2. The van der Waals surface area contributed by atoms with Crippen molar-refractivity contribution in [2.75, 3.05) is 33.3 Å². The highest BCUT2D eigenvalue weighted by Crippen LogP contribution is 2.21. The van der Waals surface area contributed by atoms with Crippen LogP contribution in [-0.4, -0.2) is 66.0 Å². The molecule has 0 aliphatic carbocycles. The zero-order chi connectivity index (χ0) is 15.4. The third kappa shape index (κ3) is 3.03. The first-order chi connectivity index (χ1) is 10.1. The predicted molar refractivity (Wildman–Crippen MR) is 74.9 cm³/mol. The molecule has 7 nitrogen and oxygen atoms in total. The second kappa shape index (κ2) is 6.36. The van der Waals surface area contributed by atoms with E-state index in [2.05, 4.69) is 5.32 Å². The maximum absolute atomic E-state index is 12.1. The molecule has 2 N–H and O–H groups in total. The van der Waals surface area contributed by atoms with Crippen molar-refractivity contribution in [3.8, 4) is 0 Å². The number of benzene rings is 1. The van der Waals surface area contributed by atoms with E-state index in [9.17, 15) is 14.4 Å². The van der Waals surface area contributed by atoms with E-state index in [-0.39, 0.29) is 44.1 Å². The van der Waals surface area contributed by atoms with Gasteiger partial charge in [-0.3, -0.25) is 14.5 Å². The minimum atomic E-state index is -0.361. The van der Waals surface area contributed by atoms with Crippen LogP contribution in [0.4, 0.5) is 4.79 Å². The lowest BCUT2D eigenvalue weighted by Crippen LogP contribution is -2.43. The van der Waals surface area contributed by atoms with E-state index in [0.717, 1.165) is 4.90 Å². The standard InChI is InChI=1S/C14H17N3O4/c1-16(8-9-18)14(21)15-6-7-17-12(19)10-4-2-3-5-11(10)13(17)20/h2-5,18H,6-9H2,1H3,(H,15,21). The van der Waals surface area contributed by atoms with Gasteiger partial charge in [0.2, 0.25) is 0 Å². The molecule has 2 rings (SSSR count). The fourth-order valence-electron chi connectivity index (χ4n) is 2.10. The number of likely N-dealkylation sites (N-methyl/N-ethyl adjacent to an activating group) is 1. The Kier molecular flexibility index (Phi) is 4.54. The summed E-state index contributed by atoms with van der Waals surface area (Å²) < 4.78 is 0. The number of aliphatic hydroxyl groups excluding tert-OH is 1. The van der Waals surface area contributed by atoms with Crippen LogP contribution in [0, 0.1) is 0 Å². The van der Waals surface area contributed by atoms with Crippen molar-refractivity contribution in [2.45, 2.75) is 0 Å². The Labute approximate surface area is 122 Å². The summed E-state index contributed by atoms with van der Waals surface area (Å²) >= 11 is 0. The number of amides is 4. The highest BCUT2D eigenvalue weighted by molar-refractivity contribution is 6.21. The third-order valence-corrected chi connectivity index (χ3v) is 3.27. The molecule has 0 saturated heterocycles. The molecule has 1 heterocycles. The summed E-state index contributed by atoms with van der Waals surface area (Å²) in [6, 6.07) is 6.28. The molecule has 1 aromatic rings. The highest BCUT2D eigenvalue weighted by atomic mass is 16.3. The molecule has 4 amide bonds. The van der Waals surface area contributed by atoms with Crippen LogP contribution in [0.3, 0.4) is 0 Å². The molecule has 0 bridgehead atoms. The molecular weight excluding hydrogens is 274 g/mol. The van der Waals surface area contributed by atoms with Gasteiger partial charge in [0.15, 0.2) is 0 Å². The van der Waals surface area contributed by atoms with E-state index in [1.807, 2.05) is 0 Å². The second-order valence-corrected chi connectivity index (χ2v) is 4.68. The first-order valence-electron chi connectivity index (χ1n) is 6.61. The van der Waals surface area contributed by atoms with Gasteiger partial charge in [-0.1, -0.05) is 12.1 Å². The molecule has 0 atom stereocenters. The number of urea groups is 1. The summed E-state index contributed by atoms with van der Waals surface area (Å²) in [6.45, 7) is 0.381. The fourth-order valence-corrected chi connectivity index (χ4v) is 2.10. The van der Waals surface area contributed by atoms with Gasteiger partial charge in [-0.15, -0.1) is 0 Å². The second-order valence-electron chi connectivity index (χ2n) is 4.68. The van der Waals surface area contributed by atoms with E-state index in [1.165, 1.54) is 4.90 Å². The Bertz CT molecular complexity index is 538. The molecule has 21 heavy (non-hydrogen) atoms. The molecule has 0 unspecified atom stereocenters. The Morgan fingerprint density at radius 3 is 2.33 bits per heavy atom. The number of carbonyl (C=O) groups excluding carboxylic acids is 3. The zero-order valence-corrected chi connectivity index (χ0v) is 11.7. The summed E-state index contributed by atoms with van der Waals surface area (Å²) in [5.74, 6) is -0.679. The summed E-state index contributed by atoms with van der Waals surface area (Å²) in [5, 5.41) is 11.3. The van der Waals surface area contributed by atoms with Gasteiger partial charge < -0.3 is 15.3 Å². The Hall–Kier alpha value is -2.41. The first-order valence-corrected chi connectivity index (χ1v) is 6.61. The summed E-state index contributed by atoms with van der Waals surface area (Å²) in [7, 11) is 1.55. The number of imide groups is 1. The smallest absolute Gasteiger partial charge is 0.317 e. The van der Waals surface area contributed by atoms with Gasteiger partial charge in [-0.25, -0.2) is 4.79 Å². The number of hydrogen-bond acceptors (Lipinski definition) is 4. The highest BCUT2D eigenvalue weighted by Gasteiger charge is 2.34. The van der Waals surface area contributed by atoms with Crippen molar-refractivity contribution in [1.82, 2.24) is 15.1 Å². The van der Waals surface area contributed by atoms with Gasteiger partial charge >= 0.3 is 6.03 Å². The van der Waals surface area contributed by atoms with Crippen molar-refractivity contribution in [1.29, 1.82) is 0 Å². The van der Waals surface area contributed by atoms with E-state index < -0.39 is 0 Å². The van der Waals surface area contributed by atoms with Gasteiger partial charge in [0, 0.05) is 26.7 Å². The van der Waals surface area contributed by atoms with Crippen molar-refractivity contribution in [3.05, 3.63) is 35.4 Å². The lowest BCUT2D eigenvalue weighted by atomic mass is 10.1. The molecular formula is C14H17N3O4. The topological polar surface area (TPSA) is 89.9 Å². The minimum absolute atomic E-state index is 0.116. The monoisotopic (exact) mass is 291 g/mol. The number of nitrogens with zero attached hydrogens (tertiary/aromatic N) is 2. The van der Waals surface area contributed by atoms with Gasteiger partial charge in [0.1, 0.15) is 0 Å². The van der Waals surface area contributed by atoms with Crippen LogP contribution >= 0.6 is 0 Å². The van der Waals surface area contributed by atoms with E-state index in [1.54, 1.807) is 31.3 Å². The third-order valence-electron chi connectivity index (χ3n) is 3.27. The Morgan fingerprint density at radius 2 is 1.81 bits per heavy atom. The number of rotatable bonds is 5. The number of aliphatic hydroxyl groups is 1. The van der Waals surface area contributed by atoms with E-state index >= 15 is 0 Å². The van der Waals surface area contributed by atoms with Gasteiger partial charge in [0.05, 0.1) is 17.7 Å². The predicted octanol–water partition coefficient (Wildman–Crippen LogP) is -0.0837. The quantitative estimate of drug-likeness (QED) is 0.742. The average molecular weight is 291 g/mol. The van der Waals surface area contributed by atoms with Crippen LogP contribution in [0.15, 0.2) is 24.3 Å². The number of nitrogens with one attached hydrogen (secondary N) is 1. The van der Waals surface area contributed by atoms with Crippen LogP contribution in [0.5, 0.6) is 0 Å². The molecule has 0 saturated carbocycles. The first kappa shape index (κ1) is 15.0. The molecule has 1 aromatic carbocycles. The maximum Gasteiger partial charge on any atom is 0.317 e. The molecule has 0 spiro atoms. The van der Waals surface area contributed by atoms with E-state index in [0.29, 0.717) is 11.1 Å². The normalized spacial score (nSPS) is 13.3. The van der Waals surface area contributed by atoms with Crippen LogP contribution in [-0.2, 0) is 0 Å².